The van der Waals surface area contributed by atoms with Gasteiger partial charge in [0.25, 0.3) is 0 Å². The lowest BCUT2D eigenvalue weighted by molar-refractivity contribution is -0.332. The van der Waals surface area contributed by atoms with E-state index in [0.29, 0.717) is 13.0 Å². The number of ether oxygens (including phenoxy) is 6. The summed E-state index contributed by atoms with van der Waals surface area (Å²) in [4.78, 5) is 12.5. The largest absolute Gasteiger partial charge is 0.457 e. The van der Waals surface area contributed by atoms with Gasteiger partial charge < -0.3 is 64.2 Å². The molecule has 7 N–H and O–H groups in total. The average Bonchev–Trinajstić information content (AvgIpc) is 3.25. The van der Waals surface area contributed by atoms with E-state index in [1.807, 2.05) is 6.92 Å². The van der Waals surface area contributed by atoms with E-state index < -0.39 is 86.7 Å². The lowest BCUT2D eigenvalue weighted by Gasteiger charge is -2.42. The van der Waals surface area contributed by atoms with Crippen molar-refractivity contribution in [3.8, 4) is 0 Å². The minimum atomic E-state index is -1.71. The Balaban J connectivity index is 1.64. The fourth-order valence-corrected chi connectivity index (χ4v) is 6.32. The number of aliphatic hydroxyl groups is 7. The summed E-state index contributed by atoms with van der Waals surface area (Å²) in [7, 11) is 0. The molecular formula is C46H76O14. The summed E-state index contributed by atoms with van der Waals surface area (Å²) in [5.74, 6) is -0.424. The number of allylic oxidation sites excluding steroid dienone is 12. The predicted octanol–water partition coefficient (Wildman–Crippen LogP) is 4.78. The molecule has 0 amide bonds. The van der Waals surface area contributed by atoms with Crippen molar-refractivity contribution in [2.24, 2.45) is 0 Å². The Morgan fingerprint density at radius 1 is 0.567 bits per heavy atom. The monoisotopic (exact) mass is 853 g/mol. The number of aliphatic hydroxyl groups excluding tert-OH is 7. The second-order valence-electron chi connectivity index (χ2n) is 15.1. The summed E-state index contributed by atoms with van der Waals surface area (Å²) in [6.07, 6.45) is 24.0. The van der Waals surface area contributed by atoms with Gasteiger partial charge in [-0.15, -0.1) is 0 Å². The topological polar surface area (TPSA) is 214 Å². The Hall–Kier alpha value is -2.57. The molecule has 2 saturated heterocycles. The van der Waals surface area contributed by atoms with E-state index in [9.17, 15) is 40.5 Å². The van der Waals surface area contributed by atoms with E-state index in [4.69, 9.17) is 28.4 Å². The number of hydrogen-bond donors (Lipinski definition) is 7. The summed E-state index contributed by atoms with van der Waals surface area (Å²) in [6, 6.07) is 0. The molecule has 11 atom stereocenters. The molecule has 11 unspecified atom stereocenters. The standard InChI is InChI=1S/C46H76O14/c1-3-5-7-8-9-10-11-12-13-14-15-16-17-18-19-20-21-22-23-24-25-26-27-28-30-55-32-35(58-38(48)29-6-4-2)33-56-45-44(54)42(52)40(50)37(60-45)34-57-46-43(53)41(51)39(49)36(31-47)59-46/h5,7,9-10,12-13,15-16,18-19,21-22,35-37,39-47,49-54H,3-4,6,8,11,14,17,20,23-34H2,1-2H3/b7-5-,10-9-,13-12-,16-15-,19-18-,22-21-. The minimum absolute atomic E-state index is 0.0399. The van der Waals surface area contributed by atoms with Crippen molar-refractivity contribution in [2.75, 3.05) is 33.0 Å². The van der Waals surface area contributed by atoms with Crippen molar-refractivity contribution >= 4 is 5.97 Å². The summed E-state index contributed by atoms with van der Waals surface area (Å²) < 4.78 is 33.7. The van der Waals surface area contributed by atoms with Crippen molar-refractivity contribution in [3.05, 3.63) is 72.9 Å². The van der Waals surface area contributed by atoms with Crippen LogP contribution in [0.1, 0.15) is 110 Å². The molecule has 60 heavy (non-hydrogen) atoms. The average molecular weight is 853 g/mol. The first-order valence-corrected chi connectivity index (χ1v) is 22.0. The van der Waals surface area contributed by atoms with Gasteiger partial charge in [0.05, 0.1) is 26.4 Å². The van der Waals surface area contributed by atoms with Crippen molar-refractivity contribution in [1.82, 2.24) is 0 Å². The molecule has 0 aromatic heterocycles. The van der Waals surface area contributed by atoms with Crippen molar-refractivity contribution < 1.29 is 69.0 Å². The highest BCUT2D eigenvalue weighted by atomic mass is 16.7. The maximum absolute atomic E-state index is 12.5. The Kier molecular flexibility index (Phi) is 30.3. The molecule has 2 aliphatic rings. The maximum Gasteiger partial charge on any atom is 0.306 e. The van der Waals surface area contributed by atoms with Crippen LogP contribution >= 0.6 is 0 Å². The predicted molar refractivity (Wildman–Crippen MR) is 228 cm³/mol. The first-order chi connectivity index (χ1) is 29.1. The molecule has 2 rings (SSSR count). The Bertz CT molecular complexity index is 1270. The fourth-order valence-electron chi connectivity index (χ4n) is 6.32. The van der Waals surface area contributed by atoms with Crippen molar-refractivity contribution in [2.45, 2.75) is 178 Å². The summed E-state index contributed by atoms with van der Waals surface area (Å²) in [5, 5.41) is 71.4. The molecule has 2 fully saturated rings. The number of rotatable bonds is 32. The number of hydrogen-bond acceptors (Lipinski definition) is 14. The maximum atomic E-state index is 12.5. The molecule has 0 radical (unpaired) electrons. The highest BCUT2D eigenvalue weighted by Gasteiger charge is 2.47. The van der Waals surface area contributed by atoms with Gasteiger partial charge in [-0.05, 0) is 64.2 Å². The van der Waals surface area contributed by atoms with E-state index in [1.165, 1.54) is 0 Å². The van der Waals surface area contributed by atoms with Crippen LogP contribution in [0.2, 0.25) is 0 Å². The molecule has 2 aliphatic heterocycles. The third-order valence-corrected chi connectivity index (χ3v) is 9.98. The highest BCUT2D eigenvalue weighted by Crippen LogP contribution is 2.26. The SMILES string of the molecule is CC/C=C\C/C=C\C/C=C\C/C=C\C/C=C\C/C=C\CCCCCCCOCC(COC1OC(COC2OC(CO)C(O)C(O)C2O)C(O)C(O)C1O)OC(=O)CCCC. The third-order valence-electron chi connectivity index (χ3n) is 9.98. The van der Waals surface area contributed by atoms with Gasteiger partial charge in [-0.3, -0.25) is 4.79 Å². The Labute approximate surface area is 357 Å². The zero-order valence-corrected chi connectivity index (χ0v) is 35.9. The van der Waals surface area contributed by atoms with E-state index >= 15 is 0 Å². The van der Waals surface area contributed by atoms with E-state index in [0.717, 1.165) is 83.5 Å². The minimum Gasteiger partial charge on any atom is -0.457 e. The van der Waals surface area contributed by atoms with Crippen LogP contribution in [0.5, 0.6) is 0 Å². The quantitative estimate of drug-likeness (QED) is 0.0276. The zero-order valence-electron chi connectivity index (χ0n) is 35.9. The van der Waals surface area contributed by atoms with Crippen LogP contribution in [-0.2, 0) is 33.2 Å². The number of unbranched alkanes of at least 4 members (excludes halogenated alkanes) is 6. The van der Waals surface area contributed by atoms with Crippen LogP contribution < -0.4 is 0 Å². The van der Waals surface area contributed by atoms with E-state index in [1.54, 1.807) is 0 Å². The third kappa shape index (κ3) is 22.5. The van der Waals surface area contributed by atoms with Gasteiger partial charge in [-0.25, -0.2) is 0 Å². The lowest BCUT2D eigenvalue weighted by atomic mass is 9.98. The molecule has 344 valence electrons. The van der Waals surface area contributed by atoms with Crippen LogP contribution in [0.4, 0.5) is 0 Å². The Morgan fingerprint density at radius 2 is 1.07 bits per heavy atom. The summed E-state index contributed by atoms with van der Waals surface area (Å²) >= 11 is 0. The summed E-state index contributed by atoms with van der Waals surface area (Å²) in [5.41, 5.74) is 0. The lowest BCUT2D eigenvalue weighted by Crippen LogP contribution is -2.61. The molecule has 14 heteroatoms. The number of carbonyl (C=O) groups is 1. The van der Waals surface area contributed by atoms with E-state index in [2.05, 4.69) is 79.8 Å². The van der Waals surface area contributed by atoms with Gasteiger partial charge in [-0.1, -0.05) is 112 Å². The first kappa shape index (κ1) is 53.6. The van der Waals surface area contributed by atoms with Gasteiger partial charge >= 0.3 is 5.97 Å². The van der Waals surface area contributed by atoms with Gasteiger partial charge in [-0.2, -0.15) is 0 Å². The zero-order chi connectivity index (χ0) is 43.8. The molecule has 0 aliphatic carbocycles. The molecule has 0 saturated carbocycles. The molecule has 0 bridgehead atoms. The molecule has 0 aromatic rings. The smallest absolute Gasteiger partial charge is 0.306 e. The van der Waals surface area contributed by atoms with Gasteiger partial charge in [0.15, 0.2) is 12.6 Å². The second-order valence-corrected chi connectivity index (χ2v) is 15.1. The number of esters is 1. The highest BCUT2D eigenvalue weighted by molar-refractivity contribution is 5.69. The molecule has 0 aromatic carbocycles. The molecular weight excluding hydrogens is 776 g/mol. The van der Waals surface area contributed by atoms with Gasteiger partial charge in [0.1, 0.15) is 54.9 Å². The molecule has 2 heterocycles. The molecule has 14 nitrogen and oxygen atoms in total. The van der Waals surface area contributed by atoms with Gasteiger partial charge in [0.2, 0.25) is 0 Å². The Morgan fingerprint density at radius 3 is 1.63 bits per heavy atom. The second kappa shape index (κ2) is 34.0. The van der Waals surface area contributed by atoms with Crippen LogP contribution in [0.3, 0.4) is 0 Å². The van der Waals surface area contributed by atoms with Crippen LogP contribution in [0.15, 0.2) is 72.9 Å². The van der Waals surface area contributed by atoms with Crippen LogP contribution in [0, 0.1) is 0 Å². The van der Waals surface area contributed by atoms with Crippen molar-refractivity contribution in [1.29, 1.82) is 0 Å². The molecule has 0 spiro atoms. The van der Waals surface area contributed by atoms with Crippen molar-refractivity contribution in [3.63, 3.8) is 0 Å². The van der Waals surface area contributed by atoms with Crippen LogP contribution in [-0.4, -0.2) is 142 Å². The number of carbonyl (C=O) groups excluding carboxylic acids is 1. The van der Waals surface area contributed by atoms with Crippen LogP contribution in [0.25, 0.3) is 0 Å². The normalized spacial score (nSPS) is 28.4. The summed E-state index contributed by atoms with van der Waals surface area (Å²) in [6.45, 7) is 3.21. The van der Waals surface area contributed by atoms with Gasteiger partial charge in [0, 0.05) is 13.0 Å². The first-order valence-electron chi connectivity index (χ1n) is 22.0. The van der Waals surface area contributed by atoms with E-state index in [-0.39, 0.29) is 19.6 Å². The fraction of sp³-hybridized carbons (Fsp3) is 0.717.